The van der Waals surface area contributed by atoms with E-state index in [-0.39, 0.29) is 29.6 Å². The van der Waals surface area contributed by atoms with Crippen molar-refractivity contribution in [2.45, 2.75) is 0 Å². The summed E-state index contributed by atoms with van der Waals surface area (Å²) in [6, 6.07) is 0. The summed E-state index contributed by atoms with van der Waals surface area (Å²) in [5.74, 6) is 0. The Morgan fingerprint density at radius 1 is 1.25 bits per heavy atom. The van der Waals surface area contributed by atoms with Crippen molar-refractivity contribution >= 4 is 56.4 Å². The van der Waals surface area contributed by atoms with E-state index in [1.165, 1.54) is 0 Å². The van der Waals surface area contributed by atoms with Gasteiger partial charge in [-0.2, -0.15) is 0 Å². The van der Waals surface area contributed by atoms with Gasteiger partial charge in [0.25, 0.3) is 0 Å². The Hall–Kier alpha value is 2.62. The maximum atomic E-state index is 3.11. The fraction of sp³-hybridized carbons (Fsp3) is 0. The quantitative estimate of drug-likeness (QED) is 0.590. The topological polar surface area (TPSA) is 0 Å². The summed E-state index contributed by atoms with van der Waals surface area (Å²) >= 11 is 6.80. The molecule has 0 spiro atoms. The van der Waals surface area contributed by atoms with E-state index in [2.05, 4.69) is 26.9 Å². The molecule has 0 unspecified atom stereocenters. The van der Waals surface area contributed by atoms with Crippen LogP contribution in [0, 0.1) is 0 Å². The summed E-state index contributed by atoms with van der Waals surface area (Å²) in [4.78, 5) is 0. The summed E-state index contributed by atoms with van der Waals surface area (Å²) in [6.07, 6.45) is 0. The molecule has 0 aromatic carbocycles. The van der Waals surface area contributed by atoms with Crippen LogP contribution < -0.4 is 0 Å². The van der Waals surface area contributed by atoms with E-state index in [1.54, 1.807) is 0 Å². The zero-order valence-corrected chi connectivity index (χ0v) is 8.80. The van der Waals surface area contributed by atoms with Crippen molar-refractivity contribution in [1.29, 1.82) is 0 Å². The van der Waals surface area contributed by atoms with Crippen LogP contribution in [0.25, 0.3) is 0 Å². The molecule has 0 N–H and O–H groups in total. The first-order valence-corrected chi connectivity index (χ1v) is 7.35. The molecule has 0 aromatic rings. The minimum absolute atomic E-state index is 0. The summed E-state index contributed by atoms with van der Waals surface area (Å²) < 4.78 is 0. The van der Waals surface area contributed by atoms with Gasteiger partial charge in [-0.05, 0) is 0 Å². The number of hydrogen-bond donors (Lipinski definition) is 0. The van der Waals surface area contributed by atoms with E-state index in [0.29, 0.717) is 13.9 Å². The molecule has 0 aromatic heterocycles. The Morgan fingerprint density at radius 3 is 1.25 bits per heavy atom. The van der Waals surface area contributed by atoms with Crippen LogP contribution in [-0.2, 0) is 13.9 Å². The van der Waals surface area contributed by atoms with Crippen LogP contribution in [0.1, 0.15) is 0 Å². The third kappa shape index (κ3) is 8.82. The minimum Gasteiger partial charge on any atom is 0 e. The molecule has 0 bridgehead atoms. The molecule has 0 fully saturated rings. The number of hydrogen-bond acceptors (Lipinski definition) is 0. The largest absolute Gasteiger partial charge is 0 e. The maximum absolute atomic E-state index is 3.11. The van der Waals surface area contributed by atoms with Gasteiger partial charge in [0.2, 0.25) is 0 Å². The molecule has 0 aliphatic carbocycles. The van der Waals surface area contributed by atoms with Crippen LogP contribution in [0.2, 0.25) is 0 Å². The normalized spacial score (nSPS) is 5.50. The van der Waals surface area contributed by atoms with E-state index < -0.39 is 0 Å². The average molecular weight is 289 g/mol. The van der Waals surface area contributed by atoms with E-state index in [4.69, 9.17) is 0 Å². The fourth-order valence-corrected chi connectivity index (χ4v) is 0. The smallest absolute Gasteiger partial charge is 0 e. The monoisotopic (exact) mass is 287 g/mol. The van der Waals surface area contributed by atoms with Crippen molar-refractivity contribution in [3.8, 4) is 0 Å². The molecular weight excluding hydrogens is 289 g/mol. The third-order valence-electron chi connectivity index (χ3n) is 0. The van der Waals surface area contributed by atoms with Crippen LogP contribution in [-0.4, -0.2) is 29.6 Å². The van der Waals surface area contributed by atoms with Gasteiger partial charge in [-0.3, -0.25) is 0 Å². The van der Waals surface area contributed by atoms with Crippen LogP contribution >= 0.6 is 26.9 Å². The Bertz CT molecular complexity index is 6.00. The molecule has 0 aliphatic rings. The van der Waals surface area contributed by atoms with Crippen molar-refractivity contribution in [2.75, 3.05) is 0 Å². The molecule has 0 amide bonds. The van der Waals surface area contributed by atoms with E-state index in [0.717, 1.165) is 0 Å². The van der Waals surface area contributed by atoms with E-state index in [9.17, 15) is 0 Å². The molecule has 0 rings (SSSR count). The Kier molecular flexibility index (Phi) is 22.4. The molecule has 0 saturated heterocycles. The molecular formula is Br2NaPd. The molecule has 1 radical (unpaired) electrons. The van der Waals surface area contributed by atoms with Crippen molar-refractivity contribution in [3.05, 3.63) is 0 Å². The van der Waals surface area contributed by atoms with Gasteiger partial charge >= 0.3 is 40.8 Å². The van der Waals surface area contributed by atoms with Gasteiger partial charge in [0, 0.05) is 29.6 Å². The molecule has 0 aliphatic heterocycles. The zero-order chi connectivity index (χ0) is 2.71. The van der Waals surface area contributed by atoms with Gasteiger partial charge in [-0.25, -0.2) is 0 Å². The minimum atomic E-state index is 0. The first kappa shape index (κ1) is 9.80. The predicted molar refractivity (Wildman–Crippen MR) is 23.6 cm³/mol. The molecule has 0 heterocycles. The standard InChI is InChI=1S/2BrH.Na.Pd/h2*1H;;/q;;;+2/p-2. The first-order valence-electron chi connectivity index (χ1n) is 0.239. The van der Waals surface area contributed by atoms with Crippen molar-refractivity contribution in [2.24, 2.45) is 0 Å². The molecule has 0 nitrogen and oxygen atoms in total. The summed E-state index contributed by atoms with van der Waals surface area (Å²) in [5.41, 5.74) is 0. The van der Waals surface area contributed by atoms with E-state index in [1.807, 2.05) is 0 Å². The van der Waals surface area contributed by atoms with Crippen molar-refractivity contribution in [1.82, 2.24) is 0 Å². The van der Waals surface area contributed by atoms with Gasteiger partial charge < -0.3 is 0 Å². The average Bonchev–Trinajstić information content (AvgIpc) is 0.918. The predicted octanol–water partition coefficient (Wildman–Crippen LogP) is 1.31. The van der Waals surface area contributed by atoms with Gasteiger partial charge in [0.15, 0.2) is 0 Å². The van der Waals surface area contributed by atoms with Crippen LogP contribution in [0.4, 0.5) is 0 Å². The molecule has 25 valence electrons. The molecule has 4 heavy (non-hydrogen) atoms. The Labute approximate surface area is 69.0 Å². The zero-order valence-electron chi connectivity index (χ0n) is 2.07. The van der Waals surface area contributed by atoms with Crippen LogP contribution in [0.5, 0.6) is 0 Å². The second-order valence-electron chi connectivity index (χ2n) is 0.0452. The van der Waals surface area contributed by atoms with Gasteiger partial charge in [-0.1, -0.05) is 0 Å². The summed E-state index contributed by atoms with van der Waals surface area (Å²) in [7, 11) is 0. The Morgan fingerprint density at radius 2 is 1.25 bits per heavy atom. The number of rotatable bonds is 0. The van der Waals surface area contributed by atoms with Crippen LogP contribution in [0.3, 0.4) is 0 Å². The van der Waals surface area contributed by atoms with Gasteiger partial charge in [0.1, 0.15) is 0 Å². The molecule has 0 saturated carbocycles. The fourth-order valence-electron chi connectivity index (χ4n) is 0. The first-order chi connectivity index (χ1) is 1.41. The third-order valence-corrected chi connectivity index (χ3v) is 0. The van der Waals surface area contributed by atoms with Gasteiger partial charge in [0.05, 0.1) is 0 Å². The van der Waals surface area contributed by atoms with E-state index >= 15 is 0 Å². The molecule has 0 atom stereocenters. The summed E-state index contributed by atoms with van der Waals surface area (Å²) in [6.45, 7) is 0. The Balaban J connectivity index is 0. The second-order valence-corrected chi connectivity index (χ2v) is 7.22. The number of halogens is 2. The van der Waals surface area contributed by atoms with Crippen molar-refractivity contribution in [3.63, 3.8) is 0 Å². The second kappa shape index (κ2) is 9.16. The van der Waals surface area contributed by atoms with Gasteiger partial charge in [-0.15, -0.1) is 0 Å². The maximum Gasteiger partial charge on any atom is 0 e. The van der Waals surface area contributed by atoms with Crippen LogP contribution in [0.15, 0.2) is 0 Å². The summed E-state index contributed by atoms with van der Waals surface area (Å²) in [5, 5.41) is 0. The van der Waals surface area contributed by atoms with Crippen molar-refractivity contribution < 1.29 is 13.9 Å². The molecule has 4 heteroatoms. The SMILES string of the molecule is [Br][Pd][Br].[Na].